The third-order valence-corrected chi connectivity index (χ3v) is 3.96. The number of rotatable bonds is 5. The van der Waals surface area contributed by atoms with Crippen molar-refractivity contribution in [1.29, 1.82) is 0 Å². The Kier molecular flexibility index (Phi) is 5.67. The van der Waals surface area contributed by atoms with Gasteiger partial charge in [-0.2, -0.15) is 0 Å². The van der Waals surface area contributed by atoms with E-state index in [2.05, 4.69) is 25.0 Å². The van der Waals surface area contributed by atoms with Crippen molar-refractivity contribution in [3.8, 4) is 5.75 Å². The molecule has 0 radical (unpaired) electrons. The predicted molar refractivity (Wildman–Crippen MR) is 99.3 cm³/mol. The lowest BCUT2D eigenvalue weighted by atomic mass is 10.0. The molecule has 0 spiro atoms. The molecule has 0 atom stereocenters. The van der Waals surface area contributed by atoms with Gasteiger partial charge in [-0.25, -0.2) is 19.7 Å². The number of aromatic nitrogens is 4. The van der Waals surface area contributed by atoms with Crippen LogP contribution in [0.4, 0.5) is 5.82 Å². The van der Waals surface area contributed by atoms with Gasteiger partial charge in [-0.05, 0) is 13.8 Å². The monoisotopic (exact) mass is 390 g/mol. The first-order chi connectivity index (χ1) is 13.0. The number of aromatic hydroxyl groups is 1. The molecule has 0 aliphatic heterocycles. The Labute approximate surface area is 161 Å². The number of amides is 1. The molecule has 0 unspecified atom stereocenters. The van der Waals surface area contributed by atoms with Crippen LogP contribution in [0.15, 0.2) is 17.2 Å². The number of hydrogen-bond acceptors (Lipinski definition) is 9. The summed E-state index contributed by atoms with van der Waals surface area (Å²) in [7, 11) is 6.06. The number of anilines is 1. The SMILES string of the molecule is COC(=O)c1nc(C(C)(C)NC(=O)c2cnc(N(C)C)cn2)n(C)c(=O)c1O. The van der Waals surface area contributed by atoms with Crippen LogP contribution in [-0.2, 0) is 17.3 Å². The molecule has 2 N–H and O–H groups in total. The van der Waals surface area contributed by atoms with Crippen molar-refractivity contribution in [3.05, 3.63) is 40.0 Å². The average Bonchev–Trinajstić information content (AvgIpc) is 2.65. The highest BCUT2D eigenvalue weighted by Gasteiger charge is 2.32. The fraction of sp³-hybridized carbons (Fsp3) is 0.412. The zero-order chi connectivity index (χ0) is 21.2. The highest BCUT2D eigenvalue weighted by Crippen LogP contribution is 2.20. The average molecular weight is 390 g/mol. The fourth-order valence-electron chi connectivity index (χ4n) is 2.46. The minimum Gasteiger partial charge on any atom is -0.501 e. The van der Waals surface area contributed by atoms with E-state index in [-0.39, 0.29) is 11.5 Å². The minimum atomic E-state index is -1.19. The normalized spacial score (nSPS) is 11.1. The molecule has 28 heavy (non-hydrogen) atoms. The molecular weight excluding hydrogens is 368 g/mol. The van der Waals surface area contributed by atoms with Crippen LogP contribution < -0.4 is 15.8 Å². The molecular formula is C17H22N6O5. The van der Waals surface area contributed by atoms with Crippen molar-refractivity contribution in [2.24, 2.45) is 7.05 Å². The summed E-state index contributed by atoms with van der Waals surface area (Å²) >= 11 is 0. The smallest absolute Gasteiger partial charge is 0.360 e. The standard InChI is InChI=1S/C17H22N6O5/c1-17(2,21-13(25)9-7-19-10(8-18-9)22(3)4)16-20-11(15(27)28-6)12(24)14(26)23(16)5/h7-8,24H,1-6H3,(H,21,25). The van der Waals surface area contributed by atoms with E-state index < -0.39 is 34.4 Å². The Hall–Kier alpha value is -3.50. The Morgan fingerprint density at radius 2 is 1.89 bits per heavy atom. The first-order valence-electron chi connectivity index (χ1n) is 8.20. The Bertz CT molecular complexity index is 965. The number of carbonyl (C=O) groups excluding carboxylic acids is 2. The lowest BCUT2D eigenvalue weighted by Crippen LogP contribution is -2.46. The van der Waals surface area contributed by atoms with Gasteiger partial charge >= 0.3 is 5.97 Å². The molecule has 150 valence electrons. The number of ether oxygens (including phenoxy) is 1. The third-order valence-electron chi connectivity index (χ3n) is 3.96. The Morgan fingerprint density at radius 1 is 1.25 bits per heavy atom. The van der Waals surface area contributed by atoms with Crippen LogP contribution in [0.3, 0.4) is 0 Å². The van der Waals surface area contributed by atoms with Gasteiger partial charge in [0, 0.05) is 21.1 Å². The molecule has 0 aromatic carbocycles. The third kappa shape index (κ3) is 3.92. The van der Waals surface area contributed by atoms with E-state index in [1.54, 1.807) is 32.8 Å². The van der Waals surface area contributed by atoms with E-state index in [4.69, 9.17) is 0 Å². The first-order valence-corrected chi connectivity index (χ1v) is 8.20. The van der Waals surface area contributed by atoms with E-state index in [0.717, 1.165) is 11.7 Å². The van der Waals surface area contributed by atoms with Gasteiger partial charge in [0.15, 0.2) is 5.69 Å². The summed E-state index contributed by atoms with van der Waals surface area (Å²) in [6, 6.07) is 0. The molecule has 2 aromatic rings. The fourth-order valence-corrected chi connectivity index (χ4v) is 2.46. The number of nitrogens with one attached hydrogen (secondary N) is 1. The summed E-state index contributed by atoms with van der Waals surface area (Å²) in [5.74, 6) is -1.72. The van der Waals surface area contributed by atoms with Crippen LogP contribution in [0.1, 0.15) is 40.6 Å². The van der Waals surface area contributed by atoms with Gasteiger partial charge in [0.25, 0.3) is 11.5 Å². The molecule has 11 heteroatoms. The maximum Gasteiger partial charge on any atom is 0.360 e. The maximum absolute atomic E-state index is 12.6. The van der Waals surface area contributed by atoms with Gasteiger partial charge in [0.2, 0.25) is 5.75 Å². The van der Waals surface area contributed by atoms with Crippen LogP contribution in [0.5, 0.6) is 5.75 Å². The molecule has 0 saturated heterocycles. The van der Waals surface area contributed by atoms with Crippen molar-refractivity contribution >= 4 is 17.7 Å². The number of nitrogens with zero attached hydrogens (tertiary/aromatic N) is 5. The van der Waals surface area contributed by atoms with Crippen LogP contribution in [-0.4, -0.2) is 57.7 Å². The summed E-state index contributed by atoms with van der Waals surface area (Å²) < 4.78 is 5.59. The quantitative estimate of drug-likeness (QED) is 0.664. The molecule has 0 fully saturated rings. The number of esters is 1. The van der Waals surface area contributed by atoms with Crippen LogP contribution in [0.25, 0.3) is 0 Å². The number of hydrogen-bond donors (Lipinski definition) is 2. The number of carbonyl (C=O) groups is 2. The van der Waals surface area contributed by atoms with Gasteiger partial charge in [-0.3, -0.25) is 14.2 Å². The molecule has 0 aliphatic rings. The van der Waals surface area contributed by atoms with E-state index in [1.165, 1.54) is 19.4 Å². The van der Waals surface area contributed by atoms with Crippen molar-refractivity contribution < 1.29 is 19.4 Å². The maximum atomic E-state index is 12.6. The van der Waals surface area contributed by atoms with Gasteiger partial charge in [0.1, 0.15) is 17.3 Å². The van der Waals surface area contributed by atoms with Crippen molar-refractivity contribution in [1.82, 2.24) is 24.8 Å². The molecule has 0 saturated carbocycles. The van der Waals surface area contributed by atoms with E-state index in [0.29, 0.717) is 5.82 Å². The van der Waals surface area contributed by atoms with Gasteiger partial charge in [0.05, 0.1) is 25.0 Å². The predicted octanol–water partition coefficient (Wildman–Crippen LogP) is -0.206. The summed E-state index contributed by atoms with van der Waals surface area (Å²) in [6.07, 6.45) is 2.77. The molecule has 2 rings (SSSR count). The summed E-state index contributed by atoms with van der Waals surface area (Å²) in [5, 5.41) is 12.6. The van der Waals surface area contributed by atoms with Crippen molar-refractivity contribution in [2.45, 2.75) is 19.4 Å². The lowest BCUT2D eigenvalue weighted by Gasteiger charge is -2.27. The van der Waals surface area contributed by atoms with Crippen molar-refractivity contribution in [2.75, 3.05) is 26.1 Å². The molecule has 11 nitrogen and oxygen atoms in total. The summed E-state index contributed by atoms with van der Waals surface area (Å²) in [6.45, 7) is 3.18. The van der Waals surface area contributed by atoms with Gasteiger partial charge in [-0.15, -0.1) is 0 Å². The van der Waals surface area contributed by atoms with Crippen LogP contribution >= 0.6 is 0 Å². The Balaban J connectivity index is 2.41. The lowest BCUT2D eigenvalue weighted by molar-refractivity contribution is 0.0588. The molecule has 0 aliphatic carbocycles. The highest BCUT2D eigenvalue weighted by atomic mass is 16.5. The zero-order valence-electron chi connectivity index (χ0n) is 16.5. The highest BCUT2D eigenvalue weighted by molar-refractivity contribution is 5.92. The molecule has 2 heterocycles. The topological polar surface area (TPSA) is 140 Å². The minimum absolute atomic E-state index is 0.0434. The van der Waals surface area contributed by atoms with Crippen LogP contribution in [0.2, 0.25) is 0 Å². The van der Waals surface area contributed by atoms with Crippen molar-refractivity contribution in [3.63, 3.8) is 0 Å². The van der Waals surface area contributed by atoms with Crippen LogP contribution in [0, 0.1) is 0 Å². The second-order valence-corrected chi connectivity index (χ2v) is 6.72. The van der Waals surface area contributed by atoms with E-state index in [9.17, 15) is 19.5 Å². The summed E-state index contributed by atoms with van der Waals surface area (Å²) in [5.41, 5.74) is -2.50. The molecule has 1 amide bonds. The molecule has 0 bridgehead atoms. The zero-order valence-corrected chi connectivity index (χ0v) is 16.5. The second kappa shape index (κ2) is 7.62. The van der Waals surface area contributed by atoms with Gasteiger partial charge < -0.3 is 20.1 Å². The second-order valence-electron chi connectivity index (χ2n) is 6.72. The number of methoxy groups -OCH3 is 1. The van der Waals surface area contributed by atoms with E-state index in [1.807, 2.05) is 0 Å². The summed E-state index contributed by atoms with van der Waals surface area (Å²) in [4.78, 5) is 50.6. The first kappa shape index (κ1) is 20.8. The molecule has 2 aromatic heterocycles. The van der Waals surface area contributed by atoms with E-state index >= 15 is 0 Å². The Morgan fingerprint density at radius 3 is 2.39 bits per heavy atom. The van der Waals surface area contributed by atoms with Gasteiger partial charge in [-0.1, -0.05) is 0 Å². The largest absolute Gasteiger partial charge is 0.501 e.